The van der Waals surface area contributed by atoms with Crippen LogP contribution < -0.4 is 0 Å². The van der Waals surface area contributed by atoms with Crippen LogP contribution in [0.4, 0.5) is 0 Å². The van der Waals surface area contributed by atoms with Crippen molar-refractivity contribution in [1.29, 1.82) is 0 Å². The van der Waals surface area contributed by atoms with E-state index < -0.39 is 10.0 Å². The maximum Gasteiger partial charge on any atom is 0.244 e. The van der Waals surface area contributed by atoms with E-state index in [0.717, 1.165) is 19.3 Å². The summed E-state index contributed by atoms with van der Waals surface area (Å²) in [5.74, 6) is 0. The highest BCUT2D eigenvalue weighted by Gasteiger charge is 2.36. The van der Waals surface area contributed by atoms with Crippen molar-refractivity contribution in [2.24, 2.45) is 0 Å². The van der Waals surface area contributed by atoms with Gasteiger partial charge in [0.25, 0.3) is 0 Å². The van der Waals surface area contributed by atoms with Gasteiger partial charge in [0, 0.05) is 16.6 Å². The summed E-state index contributed by atoms with van der Waals surface area (Å²) in [6, 6.07) is 4.92. The molecule has 1 aliphatic rings. The van der Waals surface area contributed by atoms with E-state index >= 15 is 0 Å². The van der Waals surface area contributed by atoms with Gasteiger partial charge in [-0.1, -0.05) is 12.5 Å². The quantitative estimate of drug-likeness (QED) is 0.900. The molecule has 1 N–H and O–H groups in total. The molecule has 1 aromatic carbocycles. The Bertz CT molecular complexity index is 578. The second kappa shape index (κ2) is 6.13. The first-order chi connectivity index (χ1) is 9.37. The first kappa shape index (κ1) is 15.9. The van der Waals surface area contributed by atoms with Gasteiger partial charge in [0.15, 0.2) is 0 Å². The molecule has 0 spiro atoms. The Hall–Kier alpha value is -0.430. The normalized spacial score (nSPS) is 24.8. The van der Waals surface area contributed by atoms with Crippen molar-refractivity contribution >= 4 is 26.0 Å². The third kappa shape index (κ3) is 2.93. The summed E-state index contributed by atoms with van der Waals surface area (Å²) in [5.41, 5.74) is 0.690. The molecule has 20 heavy (non-hydrogen) atoms. The van der Waals surface area contributed by atoms with Gasteiger partial charge in [0.05, 0.1) is 11.5 Å². The smallest absolute Gasteiger partial charge is 0.244 e. The maximum absolute atomic E-state index is 12.9. The molecule has 6 heteroatoms. The number of hydrogen-bond donors (Lipinski definition) is 1. The van der Waals surface area contributed by atoms with E-state index in [9.17, 15) is 8.42 Å². The third-order valence-corrected chi connectivity index (χ3v) is 6.95. The molecule has 0 amide bonds. The molecule has 112 valence electrons. The minimum atomic E-state index is -3.51. The highest BCUT2D eigenvalue weighted by Crippen LogP contribution is 2.33. The second-order valence-corrected chi connectivity index (χ2v) is 8.05. The predicted molar refractivity (Wildman–Crippen MR) is 81.9 cm³/mol. The molecule has 1 aromatic rings. The molecule has 1 saturated heterocycles. The largest absolute Gasteiger partial charge is 0.392 e. The average Bonchev–Trinajstić information content (AvgIpc) is 2.37. The number of piperidine rings is 1. The van der Waals surface area contributed by atoms with Crippen molar-refractivity contribution in [2.45, 2.75) is 56.7 Å². The molecule has 2 rings (SSSR count). The number of aliphatic hydroxyl groups is 1. The fourth-order valence-electron chi connectivity index (χ4n) is 2.84. The van der Waals surface area contributed by atoms with E-state index in [1.165, 1.54) is 0 Å². The lowest BCUT2D eigenvalue weighted by Gasteiger charge is -2.37. The van der Waals surface area contributed by atoms with Gasteiger partial charge in [0.1, 0.15) is 0 Å². The minimum absolute atomic E-state index is 0.0215. The molecule has 1 fully saturated rings. The zero-order chi connectivity index (χ0) is 14.9. The summed E-state index contributed by atoms with van der Waals surface area (Å²) >= 11 is 3.31. The van der Waals surface area contributed by atoms with Crippen LogP contribution in [0, 0.1) is 0 Å². The van der Waals surface area contributed by atoms with E-state index in [1.54, 1.807) is 22.5 Å². The molecule has 4 nitrogen and oxygen atoms in total. The van der Waals surface area contributed by atoms with Crippen molar-refractivity contribution in [3.63, 3.8) is 0 Å². The summed E-state index contributed by atoms with van der Waals surface area (Å²) in [7, 11) is -3.51. The number of hydrogen-bond acceptors (Lipinski definition) is 3. The molecule has 0 saturated carbocycles. The fourth-order valence-corrected chi connectivity index (χ4v) is 5.81. The number of sulfonamides is 1. The van der Waals surface area contributed by atoms with Crippen LogP contribution in [0.2, 0.25) is 0 Å². The zero-order valence-corrected chi connectivity index (χ0v) is 14.1. The van der Waals surface area contributed by atoms with Crippen LogP contribution in [-0.2, 0) is 16.6 Å². The lowest BCUT2D eigenvalue weighted by molar-refractivity contribution is 0.204. The number of aliphatic hydroxyl groups excluding tert-OH is 1. The average molecular weight is 362 g/mol. The monoisotopic (exact) mass is 361 g/mol. The van der Waals surface area contributed by atoms with Gasteiger partial charge in [-0.05, 0) is 60.3 Å². The van der Waals surface area contributed by atoms with Gasteiger partial charge < -0.3 is 5.11 Å². The molecular formula is C14H20BrNO3S. The summed E-state index contributed by atoms with van der Waals surface area (Å²) in [4.78, 5) is 0.273. The highest BCUT2D eigenvalue weighted by atomic mass is 79.9. The minimum Gasteiger partial charge on any atom is -0.392 e. The Morgan fingerprint density at radius 3 is 2.40 bits per heavy atom. The summed E-state index contributed by atoms with van der Waals surface area (Å²) in [6.07, 6.45) is 2.87. The van der Waals surface area contributed by atoms with E-state index in [1.807, 2.05) is 13.8 Å². The first-order valence-electron chi connectivity index (χ1n) is 6.80. The second-order valence-electron chi connectivity index (χ2n) is 5.39. The Morgan fingerprint density at radius 2 is 1.90 bits per heavy atom. The number of nitrogens with zero attached hydrogens (tertiary/aromatic N) is 1. The fraction of sp³-hybridized carbons (Fsp3) is 0.571. The van der Waals surface area contributed by atoms with Crippen molar-refractivity contribution in [1.82, 2.24) is 4.31 Å². The van der Waals surface area contributed by atoms with Crippen LogP contribution in [0.5, 0.6) is 0 Å². The highest BCUT2D eigenvalue weighted by molar-refractivity contribution is 9.10. The topological polar surface area (TPSA) is 57.6 Å². The van der Waals surface area contributed by atoms with E-state index in [4.69, 9.17) is 5.11 Å². The van der Waals surface area contributed by atoms with Gasteiger partial charge in [-0.15, -0.1) is 0 Å². The molecule has 0 radical (unpaired) electrons. The Kier molecular flexibility index (Phi) is 4.89. The van der Waals surface area contributed by atoms with Crippen molar-refractivity contribution in [2.75, 3.05) is 0 Å². The van der Waals surface area contributed by atoms with Gasteiger partial charge in [-0.3, -0.25) is 0 Å². The molecule has 1 aliphatic heterocycles. The lowest BCUT2D eigenvalue weighted by atomic mass is 10.0. The van der Waals surface area contributed by atoms with Gasteiger partial charge >= 0.3 is 0 Å². The van der Waals surface area contributed by atoms with Gasteiger partial charge in [0.2, 0.25) is 10.0 Å². The third-order valence-electron chi connectivity index (χ3n) is 3.85. The van der Waals surface area contributed by atoms with Crippen LogP contribution in [0.3, 0.4) is 0 Å². The number of halogens is 1. The first-order valence-corrected chi connectivity index (χ1v) is 9.04. The van der Waals surface area contributed by atoms with Crippen LogP contribution in [-0.4, -0.2) is 29.9 Å². The van der Waals surface area contributed by atoms with Crippen LogP contribution in [0.25, 0.3) is 0 Å². The molecule has 2 atom stereocenters. The lowest BCUT2D eigenvalue weighted by Crippen LogP contribution is -2.47. The van der Waals surface area contributed by atoms with Crippen molar-refractivity contribution in [3.05, 3.63) is 28.2 Å². The van der Waals surface area contributed by atoms with Crippen LogP contribution in [0.15, 0.2) is 27.6 Å². The van der Waals surface area contributed by atoms with Crippen molar-refractivity contribution < 1.29 is 13.5 Å². The summed E-state index contributed by atoms with van der Waals surface area (Å²) < 4.78 is 27.9. The molecule has 0 bridgehead atoms. The van der Waals surface area contributed by atoms with Crippen LogP contribution >= 0.6 is 15.9 Å². The summed E-state index contributed by atoms with van der Waals surface area (Å²) in [5, 5.41) is 9.11. The predicted octanol–water partition coefficient (Wildman–Crippen LogP) is 2.89. The van der Waals surface area contributed by atoms with E-state index in [0.29, 0.717) is 10.0 Å². The Balaban J connectivity index is 2.44. The molecule has 0 aliphatic carbocycles. The van der Waals surface area contributed by atoms with E-state index in [-0.39, 0.29) is 23.6 Å². The molecule has 0 unspecified atom stereocenters. The molecule has 0 aromatic heterocycles. The van der Waals surface area contributed by atoms with Crippen LogP contribution in [0.1, 0.15) is 38.7 Å². The molecular weight excluding hydrogens is 342 g/mol. The van der Waals surface area contributed by atoms with Crippen molar-refractivity contribution in [3.8, 4) is 0 Å². The van der Waals surface area contributed by atoms with Gasteiger partial charge in [-0.25, -0.2) is 8.42 Å². The Labute approximate surface area is 129 Å². The van der Waals surface area contributed by atoms with E-state index in [2.05, 4.69) is 15.9 Å². The number of benzene rings is 1. The molecule has 1 heterocycles. The summed E-state index contributed by atoms with van der Waals surface area (Å²) in [6.45, 7) is 3.82. The zero-order valence-electron chi connectivity index (χ0n) is 11.7. The maximum atomic E-state index is 12.9. The SMILES string of the molecule is C[C@@H]1CCC[C@H](C)N1S(=O)(=O)c1ccc(CO)cc1Br. The standard InChI is InChI=1S/C14H20BrNO3S/c1-10-4-3-5-11(2)16(10)20(18,19)14-7-6-12(9-17)8-13(14)15/h6-8,10-11,17H,3-5,9H2,1-2H3/t10-,11+. The number of rotatable bonds is 3. The van der Waals surface area contributed by atoms with Gasteiger partial charge in [-0.2, -0.15) is 4.31 Å². The Morgan fingerprint density at radius 1 is 1.30 bits per heavy atom.